The molecule has 0 radical (unpaired) electrons. The van der Waals surface area contributed by atoms with Crippen LogP contribution in [0.2, 0.25) is 0 Å². The van der Waals surface area contributed by atoms with Crippen LogP contribution in [-0.4, -0.2) is 73.9 Å². The molecule has 0 aliphatic carbocycles. The van der Waals surface area contributed by atoms with E-state index in [9.17, 15) is 0 Å². The van der Waals surface area contributed by atoms with Crippen molar-refractivity contribution in [2.75, 3.05) is 38.7 Å². The highest BCUT2D eigenvalue weighted by atomic mass is 32.2. The molecule has 1 rings (SSSR count). The molecular weight excluding hydrogens is 370 g/mol. The molecule has 0 bridgehead atoms. The Bertz CT molecular complexity index is 465. The van der Waals surface area contributed by atoms with Crippen molar-refractivity contribution < 1.29 is 0 Å². The monoisotopic (exact) mass is 393 g/mol. The number of hydrogen-bond donors (Lipinski definition) is 3. The van der Waals surface area contributed by atoms with Crippen LogP contribution in [0.3, 0.4) is 0 Å². The van der Waals surface area contributed by atoms with Crippen molar-refractivity contribution in [2.45, 2.75) is 11.5 Å². The summed E-state index contributed by atoms with van der Waals surface area (Å²) in [7, 11) is 3.78. The summed E-state index contributed by atoms with van der Waals surface area (Å²) in [5, 5.41) is 8.04. The van der Waals surface area contributed by atoms with Gasteiger partial charge in [0.05, 0.1) is 11.5 Å². The van der Waals surface area contributed by atoms with Gasteiger partial charge >= 0.3 is 0 Å². The molecule has 23 heavy (non-hydrogen) atoms. The van der Waals surface area contributed by atoms with E-state index in [1.165, 1.54) is 0 Å². The van der Waals surface area contributed by atoms with Gasteiger partial charge in [0.25, 0.3) is 0 Å². The van der Waals surface area contributed by atoms with E-state index in [0.717, 1.165) is 47.7 Å². The molecule has 0 amide bonds. The summed E-state index contributed by atoms with van der Waals surface area (Å²) < 4.78 is 0. The molecule has 0 aliphatic rings. The highest BCUT2D eigenvalue weighted by Crippen LogP contribution is 2.12. The third-order valence-corrected chi connectivity index (χ3v) is 5.45. The van der Waals surface area contributed by atoms with Gasteiger partial charge in [-0.05, 0) is 24.4 Å². The van der Waals surface area contributed by atoms with Gasteiger partial charge in [-0.1, -0.05) is 0 Å². The topological polar surface area (TPSA) is 100 Å². The minimum atomic E-state index is 0.420. The molecule has 7 nitrogen and oxygen atoms in total. The summed E-state index contributed by atoms with van der Waals surface area (Å²) in [5.74, 6) is 5.15. The van der Waals surface area contributed by atoms with E-state index < -0.39 is 0 Å². The number of nitrogens with one attached hydrogen (secondary N) is 1. The number of H-pyrrole nitrogens is 1. The van der Waals surface area contributed by atoms with Crippen molar-refractivity contribution in [1.29, 1.82) is 0 Å². The van der Waals surface area contributed by atoms with Gasteiger partial charge in [0.1, 0.15) is 5.82 Å². The van der Waals surface area contributed by atoms with Crippen LogP contribution in [0.5, 0.6) is 0 Å². The Balaban J connectivity index is 2.17. The molecule has 0 saturated heterocycles. The van der Waals surface area contributed by atoms with Crippen molar-refractivity contribution in [3.8, 4) is 0 Å². The molecule has 1 aromatic rings. The molecule has 5 N–H and O–H groups in total. The fourth-order valence-corrected chi connectivity index (χ4v) is 3.33. The van der Waals surface area contributed by atoms with Gasteiger partial charge in [0, 0.05) is 38.7 Å². The third-order valence-electron chi connectivity index (χ3n) is 2.94. The lowest BCUT2D eigenvalue weighted by atomic mass is 10.6. The normalized spacial score (nSPS) is 10.5. The first-order valence-corrected chi connectivity index (χ1v) is 10.1. The second-order valence-corrected chi connectivity index (χ2v) is 7.87. The lowest BCUT2D eigenvalue weighted by Crippen LogP contribution is -2.33. The molecule has 0 aromatic carbocycles. The fourth-order valence-electron chi connectivity index (χ4n) is 1.42. The molecule has 1 heterocycles. The Kier molecular flexibility index (Phi) is 9.60. The Hall–Kier alpha value is -0.780. The summed E-state index contributed by atoms with van der Waals surface area (Å²) in [5.41, 5.74) is 11.1. The van der Waals surface area contributed by atoms with E-state index in [1.807, 2.05) is 23.9 Å². The molecule has 11 heteroatoms. The number of nitrogens with zero attached hydrogens (tertiary/aromatic N) is 4. The van der Waals surface area contributed by atoms with E-state index >= 15 is 0 Å². The molecular formula is C12H23N7S4. The maximum atomic E-state index is 5.53. The van der Waals surface area contributed by atoms with Gasteiger partial charge in [-0.2, -0.15) is 28.6 Å². The summed E-state index contributed by atoms with van der Waals surface area (Å²) in [6, 6.07) is 0. The first-order valence-electron chi connectivity index (χ1n) is 6.97. The maximum Gasteiger partial charge on any atom is 0.166 e. The quantitative estimate of drug-likeness (QED) is 0.387. The molecule has 0 atom stereocenters. The first kappa shape index (κ1) is 20.3. The van der Waals surface area contributed by atoms with Crippen LogP contribution in [0.15, 0.2) is 0 Å². The lowest BCUT2D eigenvalue weighted by Gasteiger charge is -2.15. The van der Waals surface area contributed by atoms with Gasteiger partial charge in [-0.15, -0.1) is 0 Å². The molecule has 1 aromatic heterocycles. The molecule has 0 saturated carbocycles. The molecule has 0 aliphatic heterocycles. The van der Waals surface area contributed by atoms with Gasteiger partial charge in [-0.25, -0.2) is 4.98 Å². The van der Waals surface area contributed by atoms with Gasteiger partial charge < -0.3 is 21.3 Å². The number of aromatic nitrogens is 3. The lowest BCUT2D eigenvalue weighted by molar-refractivity contribution is 0.544. The first-order chi connectivity index (χ1) is 10.9. The zero-order valence-corrected chi connectivity index (χ0v) is 16.6. The Morgan fingerprint density at radius 2 is 1.57 bits per heavy atom. The van der Waals surface area contributed by atoms with Crippen LogP contribution in [0.25, 0.3) is 0 Å². The van der Waals surface area contributed by atoms with Crippen LogP contribution >= 0.6 is 48.0 Å². The van der Waals surface area contributed by atoms with Crippen molar-refractivity contribution >= 4 is 58.2 Å². The number of thioether (sulfide) groups is 2. The number of nitrogens with two attached hydrogens (primary N) is 2. The summed E-state index contributed by atoms with van der Waals surface area (Å²) in [6.45, 7) is 1.65. The summed E-state index contributed by atoms with van der Waals surface area (Å²) in [4.78, 5) is 8.19. The van der Waals surface area contributed by atoms with E-state index in [1.54, 1.807) is 23.5 Å². The number of aromatic amines is 1. The Morgan fingerprint density at radius 1 is 1.04 bits per heavy atom. The van der Waals surface area contributed by atoms with Gasteiger partial charge in [0.15, 0.2) is 16.0 Å². The van der Waals surface area contributed by atoms with Crippen molar-refractivity contribution in [2.24, 2.45) is 11.5 Å². The summed E-state index contributed by atoms with van der Waals surface area (Å²) >= 11 is 13.3. The highest BCUT2D eigenvalue weighted by molar-refractivity contribution is 7.98. The third kappa shape index (κ3) is 8.58. The maximum absolute atomic E-state index is 5.53. The second-order valence-electron chi connectivity index (χ2n) is 4.82. The van der Waals surface area contributed by atoms with Gasteiger partial charge in [0.2, 0.25) is 0 Å². The molecule has 0 spiro atoms. The zero-order chi connectivity index (χ0) is 17.2. The van der Waals surface area contributed by atoms with E-state index in [2.05, 4.69) is 15.2 Å². The average molecular weight is 394 g/mol. The minimum absolute atomic E-state index is 0.420. The van der Waals surface area contributed by atoms with Crippen molar-refractivity contribution in [1.82, 2.24) is 25.0 Å². The average Bonchev–Trinajstić information content (AvgIpc) is 2.95. The largest absolute Gasteiger partial charge is 0.376 e. The number of rotatable bonds is 10. The predicted octanol–water partition coefficient (Wildman–Crippen LogP) is 0.622. The van der Waals surface area contributed by atoms with Crippen LogP contribution < -0.4 is 11.5 Å². The van der Waals surface area contributed by atoms with Crippen LogP contribution in [0.4, 0.5) is 0 Å². The van der Waals surface area contributed by atoms with E-state index in [4.69, 9.17) is 35.9 Å². The second kappa shape index (κ2) is 10.9. The molecule has 130 valence electrons. The van der Waals surface area contributed by atoms with E-state index in [-0.39, 0.29) is 0 Å². The molecule has 0 unspecified atom stereocenters. The SMILES string of the molecule is CN(CCSCc1n[nH]c(CSCCN(C)C(N)=S)n1)C(N)=S. The number of thiocarbonyl (C=S) groups is 2. The van der Waals surface area contributed by atoms with Crippen molar-refractivity contribution in [3.63, 3.8) is 0 Å². The minimum Gasteiger partial charge on any atom is -0.376 e. The fraction of sp³-hybridized carbons (Fsp3) is 0.667. The summed E-state index contributed by atoms with van der Waals surface area (Å²) in [6.07, 6.45) is 0. The van der Waals surface area contributed by atoms with Crippen LogP contribution in [-0.2, 0) is 11.5 Å². The number of hydrogen-bond acceptors (Lipinski definition) is 6. The highest BCUT2D eigenvalue weighted by Gasteiger charge is 2.05. The zero-order valence-electron chi connectivity index (χ0n) is 13.3. The predicted molar refractivity (Wildman–Crippen MR) is 108 cm³/mol. The van der Waals surface area contributed by atoms with Gasteiger partial charge in [-0.3, -0.25) is 5.10 Å². The van der Waals surface area contributed by atoms with E-state index in [0.29, 0.717) is 10.2 Å². The Morgan fingerprint density at radius 3 is 2.09 bits per heavy atom. The standard InChI is InChI=1S/C12H23N7S4/c1-18(11(13)20)3-5-22-7-9-15-10(17-16-9)8-23-6-4-19(2)12(14)21/h3-8H2,1-2H3,(H2,13,20)(H2,14,21)(H,15,16,17). The molecule has 0 fully saturated rings. The van der Waals surface area contributed by atoms with Crippen molar-refractivity contribution in [3.05, 3.63) is 11.6 Å². The smallest absolute Gasteiger partial charge is 0.166 e. The van der Waals surface area contributed by atoms with Crippen LogP contribution in [0.1, 0.15) is 11.6 Å². The van der Waals surface area contributed by atoms with Crippen LogP contribution in [0, 0.1) is 0 Å². The Labute approximate surface area is 156 Å².